The lowest BCUT2D eigenvalue weighted by molar-refractivity contribution is 0.122. The molecular formula is C11H15FN2O3S. The van der Waals surface area contributed by atoms with Crippen LogP contribution in [0.5, 0.6) is 0 Å². The fourth-order valence-electron chi connectivity index (χ4n) is 1.91. The van der Waals surface area contributed by atoms with Gasteiger partial charge in [0.05, 0.1) is 29.5 Å². The Morgan fingerprint density at radius 2 is 1.94 bits per heavy atom. The van der Waals surface area contributed by atoms with Gasteiger partial charge in [-0.05, 0) is 12.1 Å². The second kappa shape index (κ2) is 4.74. The predicted molar refractivity (Wildman–Crippen MR) is 67.0 cm³/mol. The minimum atomic E-state index is -3.50. The zero-order chi connectivity index (χ0) is 13.3. The average molecular weight is 274 g/mol. The first-order valence-corrected chi connectivity index (χ1v) is 7.40. The van der Waals surface area contributed by atoms with Crippen LogP contribution < -0.4 is 10.6 Å². The van der Waals surface area contributed by atoms with Crippen molar-refractivity contribution in [1.82, 2.24) is 0 Å². The van der Waals surface area contributed by atoms with Crippen LogP contribution in [0.15, 0.2) is 17.0 Å². The summed E-state index contributed by atoms with van der Waals surface area (Å²) in [5.74, 6) is -0.715. The molecule has 0 radical (unpaired) electrons. The monoisotopic (exact) mass is 274 g/mol. The van der Waals surface area contributed by atoms with Crippen LogP contribution in [-0.4, -0.2) is 41.0 Å². The van der Waals surface area contributed by atoms with Crippen molar-refractivity contribution in [2.75, 3.05) is 43.2 Å². The standard InChI is InChI=1S/C11H15FN2O3S/c1-18(15,16)11-6-8(12)9(13)7-10(11)14-2-4-17-5-3-14/h6-7H,2-5,13H2,1H3. The van der Waals surface area contributed by atoms with Crippen molar-refractivity contribution in [3.05, 3.63) is 17.9 Å². The molecule has 1 heterocycles. The summed E-state index contributed by atoms with van der Waals surface area (Å²) in [6, 6.07) is 2.35. The zero-order valence-electron chi connectivity index (χ0n) is 10.0. The van der Waals surface area contributed by atoms with Crippen molar-refractivity contribution >= 4 is 21.2 Å². The predicted octanol–water partition coefficient (Wildman–Crippen LogP) is 0.648. The number of benzene rings is 1. The van der Waals surface area contributed by atoms with Crippen LogP contribution in [0.2, 0.25) is 0 Å². The molecule has 1 aliphatic heterocycles. The molecule has 2 rings (SSSR count). The highest BCUT2D eigenvalue weighted by Crippen LogP contribution is 2.30. The molecule has 1 aromatic carbocycles. The molecule has 0 saturated carbocycles. The quantitative estimate of drug-likeness (QED) is 0.802. The molecule has 0 atom stereocenters. The minimum Gasteiger partial charge on any atom is -0.396 e. The SMILES string of the molecule is CS(=O)(=O)c1cc(F)c(N)cc1N1CCOCC1. The number of halogens is 1. The smallest absolute Gasteiger partial charge is 0.177 e. The Morgan fingerprint density at radius 1 is 1.33 bits per heavy atom. The maximum Gasteiger partial charge on any atom is 0.177 e. The van der Waals surface area contributed by atoms with Gasteiger partial charge >= 0.3 is 0 Å². The number of morpholine rings is 1. The van der Waals surface area contributed by atoms with Gasteiger partial charge in [-0.2, -0.15) is 0 Å². The summed E-state index contributed by atoms with van der Waals surface area (Å²) in [5, 5.41) is 0. The molecule has 1 saturated heterocycles. The van der Waals surface area contributed by atoms with E-state index in [1.54, 1.807) is 0 Å². The van der Waals surface area contributed by atoms with Gasteiger partial charge in [0.25, 0.3) is 0 Å². The fourth-order valence-corrected chi connectivity index (χ4v) is 2.79. The summed E-state index contributed by atoms with van der Waals surface area (Å²) in [4.78, 5) is 1.81. The van der Waals surface area contributed by atoms with Crippen molar-refractivity contribution in [1.29, 1.82) is 0 Å². The van der Waals surface area contributed by atoms with Crippen molar-refractivity contribution in [2.45, 2.75) is 4.90 Å². The van der Waals surface area contributed by atoms with Crippen LogP contribution in [0.1, 0.15) is 0 Å². The highest BCUT2D eigenvalue weighted by molar-refractivity contribution is 7.90. The van der Waals surface area contributed by atoms with Crippen LogP contribution in [0.3, 0.4) is 0 Å². The van der Waals surface area contributed by atoms with E-state index in [1.807, 2.05) is 4.90 Å². The van der Waals surface area contributed by atoms with Crippen LogP contribution in [0.4, 0.5) is 15.8 Å². The van der Waals surface area contributed by atoms with Gasteiger partial charge in [-0.25, -0.2) is 12.8 Å². The van der Waals surface area contributed by atoms with E-state index in [4.69, 9.17) is 10.5 Å². The second-order valence-corrected chi connectivity index (χ2v) is 6.20. The third-order valence-corrected chi connectivity index (χ3v) is 3.96. The Labute approximate surface area is 105 Å². The van der Waals surface area contributed by atoms with E-state index < -0.39 is 15.7 Å². The van der Waals surface area contributed by atoms with Crippen LogP contribution in [0, 0.1) is 5.82 Å². The minimum absolute atomic E-state index is 0.0314. The number of nitrogens with two attached hydrogens (primary N) is 1. The number of anilines is 2. The van der Waals surface area contributed by atoms with E-state index in [0.29, 0.717) is 32.0 Å². The molecule has 100 valence electrons. The van der Waals surface area contributed by atoms with Gasteiger partial charge in [-0.15, -0.1) is 0 Å². The van der Waals surface area contributed by atoms with Crippen molar-refractivity contribution < 1.29 is 17.5 Å². The summed E-state index contributed by atoms with van der Waals surface area (Å²) in [6.45, 7) is 2.15. The van der Waals surface area contributed by atoms with E-state index in [0.717, 1.165) is 12.3 Å². The van der Waals surface area contributed by atoms with Gasteiger partial charge in [-0.1, -0.05) is 0 Å². The molecule has 0 aliphatic carbocycles. The fraction of sp³-hybridized carbons (Fsp3) is 0.455. The maximum absolute atomic E-state index is 13.4. The highest BCUT2D eigenvalue weighted by atomic mass is 32.2. The summed E-state index contributed by atoms with van der Waals surface area (Å²) >= 11 is 0. The highest BCUT2D eigenvalue weighted by Gasteiger charge is 2.22. The normalized spacial score (nSPS) is 16.9. The number of nitrogen functional groups attached to an aromatic ring is 1. The Hall–Kier alpha value is -1.34. The second-order valence-electron chi connectivity index (χ2n) is 4.21. The molecule has 7 heteroatoms. The maximum atomic E-state index is 13.4. The molecule has 0 unspecified atom stereocenters. The molecular weight excluding hydrogens is 259 g/mol. The van der Waals surface area contributed by atoms with E-state index in [2.05, 4.69) is 0 Å². The Morgan fingerprint density at radius 3 is 2.50 bits per heavy atom. The molecule has 0 bridgehead atoms. The summed E-state index contributed by atoms with van der Waals surface area (Å²) < 4.78 is 42.0. The molecule has 0 aromatic heterocycles. The average Bonchev–Trinajstić information content (AvgIpc) is 2.32. The molecule has 2 N–H and O–H groups in total. The third kappa shape index (κ3) is 2.56. The number of sulfone groups is 1. The number of ether oxygens (including phenoxy) is 1. The molecule has 1 aromatic rings. The van der Waals surface area contributed by atoms with E-state index >= 15 is 0 Å². The Bertz CT molecular complexity index is 554. The van der Waals surface area contributed by atoms with E-state index in [1.165, 1.54) is 6.07 Å². The van der Waals surface area contributed by atoms with Gasteiger partial charge in [0.1, 0.15) is 5.82 Å². The van der Waals surface area contributed by atoms with Crippen molar-refractivity contribution in [3.63, 3.8) is 0 Å². The molecule has 5 nitrogen and oxygen atoms in total. The molecule has 18 heavy (non-hydrogen) atoms. The van der Waals surface area contributed by atoms with Crippen LogP contribution in [-0.2, 0) is 14.6 Å². The summed E-state index contributed by atoms with van der Waals surface area (Å²) in [5.41, 5.74) is 5.90. The molecule has 1 aliphatic rings. The van der Waals surface area contributed by atoms with Gasteiger partial charge in [0.15, 0.2) is 9.84 Å². The zero-order valence-corrected chi connectivity index (χ0v) is 10.8. The van der Waals surface area contributed by atoms with Gasteiger partial charge < -0.3 is 15.4 Å². The van der Waals surface area contributed by atoms with Gasteiger partial charge in [0, 0.05) is 19.3 Å². The van der Waals surface area contributed by atoms with E-state index in [9.17, 15) is 12.8 Å². The first-order chi connectivity index (χ1) is 8.39. The lowest BCUT2D eigenvalue weighted by Gasteiger charge is -2.30. The number of hydrogen-bond donors (Lipinski definition) is 1. The number of rotatable bonds is 2. The largest absolute Gasteiger partial charge is 0.396 e. The first-order valence-electron chi connectivity index (χ1n) is 5.51. The molecule has 1 fully saturated rings. The van der Waals surface area contributed by atoms with Crippen molar-refractivity contribution in [3.8, 4) is 0 Å². The number of hydrogen-bond acceptors (Lipinski definition) is 5. The first kappa shape index (κ1) is 13.1. The van der Waals surface area contributed by atoms with Gasteiger partial charge in [0.2, 0.25) is 0 Å². The molecule has 0 amide bonds. The number of nitrogens with zero attached hydrogens (tertiary/aromatic N) is 1. The molecule has 0 spiro atoms. The third-order valence-electron chi connectivity index (χ3n) is 2.83. The summed E-state index contributed by atoms with van der Waals surface area (Å²) in [6.07, 6.45) is 1.06. The lowest BCUT2D eigenvalue weighted by Crippen LogP contribution is -2.37. The van der Waals surface area contributed by atoms with Gasteiger partial charge in [-0.3, -0.25) is 0 Å². The Kier molecular flexibility index (Phi) is 3.45. The lowest BCUT2D eigenvalue weighted by atomic mass is 10.2. The van der Waals surface area contributed by atoms with E-state index in [-0.39, 0.29) is 10.6 Å². The summed E-state index contributed by atoms with van der Waals surface area (Å²) in [7, 11) is -3.50. The Balaban J connectivity index is 2.53. The topological polar surface area (TPSA) is 72.6 Å². The van der Waals surface area contributed by atoms with Crippen LogP contribution >= 0.6 is 0 Å². The van der Waals surface area contributed by atoms with Crippen LogP contribution in [0.25, 0.3) is 0 Å². The van der Waals surface area contributed by atoms with Crippen molar-refractivity contribution in [2.24, 2.45) is 0 Å².